The van der Waals surface area contributed by atoms with Gasteiger partial charge in [0.25, 0.3) is 15.9 Å². The van der Waals surface area contributed by atoms with Gasteiger partial charge in [0.2, 0.25) is 0 Å². The molecule has 3 heterocycles. The van der Waals surface area contributed by atoms with E-state index >= 15 is 0 Å². The molecule has 190 valence electrons. The molecule has 1 saturated heterocycles. The average molecular weight is 522 g/mol. The summed E-state index contributed by atoms with van der Waals surface area (Å²) in [4.78, 5) is 23.1. The van der Waals surface area contributed by atoms with Crippen LogP contribution in [0.2, 0.25) is 0 Å². The minimum absolute atomic E-state index is 0.177. The summed E-state index contributed by atoms with van der Waals surface area (Å²) in [5.74, 6) is -0.177. The number of carbonyl (C=O) groups excluding carboxylic acids is 1. The highest BCUT2D eigenvalue weighted by Gasteiger charge is 2.31. The number of hydrogen-bond donors (Lipinski definition) is 2. The van der Waals surface area contributed by atoms with Crippen molar-refractivity contribution in [2.75, 3.05) is 29.9 Å². The number of pyridine rings is 2. The van der Waals surface area contributed by atoms with Crippen LogP contribution in [0.25, 0.3) is 0 Å². The maximum atomic E-state index is 13.2. The summed E-state index contributed by atoms with van der Waals surface area (Å²) < 4.78 is 67.7. The molecule has 0 aliphatic carbocycles. The maximum absolute atomic E-state index is 13.2. The van der Waals surface area contributed by atoms with Gasteiger partial charge < -0.3 is 15.0 Å². The number of alkyl halides is 3. The van der Waals surface area contributed by atoms with Gasteiger partial charge in [0.05, 0.1) is 17.7 Å². The Balaban J connectivity index is 1.57. The first-order valence-electron chi connectivity index (χ1n) is 10.7. The zero-order valence-corrected chi connectivity index (χ0v) is 19.8. The number of ether oxygens (including phenoxy) is 1. The highest BCUT2D eigenvalue weighted by atomic mass is 32.2. The van der Waals surface area contributed by atoms with Crippen LogP contribution in [-0.4, -0.2) is 44.0 Å². The van der Waals surface area contributed by atoms with Crippen molar-refractivity contribution in [1.82, 2.24) is 9.97 Å². The van der Waals surface area contributed by atoms with Gasteiger partial charge >= 0.3 is 6.18 Å². The molecule has 0 saturated carbocycles. The van der Waals surface area contributed by atoms with Crippen molar-refractivity contribution in [3.8, 4) is 0 Å². The third-order valence-electron chi connectivity index (χ3n) is 5.51. The van der Waals surface area contributed by atoms with Crippen LogP contribution in [0.1, 0.15) is 33.2 Å². The SMILES string of the molecule is Cc1cnc(N2CCOC(c3ccc(C(F)(F)F)cc3)C2)c(C(=O)Nc2ccnc(S(N)(=O)=O)c2)c1. The van der Waals surface area contributed by atoms with Gasteiger partial charge in [-0.05, 0) is 42.3 Å². The monoisotopic (exact) mass is 521 g/mol. The van der Waals surface area contributed by atoms with Crippen LogP contribution in [0.15, 0.2) is 59.9 Å². The molecule has 13 heteroatoms. The summed E-state index contributed by atoms with van der Waals surface area (Å²) in [6.07, 6.45) is -2.16. The summed E-state index contributed by atoms with van der Waals surface area (Å²) in [6, 6.07) is 8.97. The topological polar surface area (TPSA) is 128 Å². The number of sulfonamides is 1. The van der Waals surface area contributed by atoms with Crippen molar-refractivity contribution in [1.29, 1.82) is 0 Å². The molecule has 1 unspecified atom stereocenters. The van der Waals surface area contributed by atoms with Gasteiger partial charge in [-0.25, -0.2) is 23.5 Å². The Morgan fingerprint density at radius 1 is 1.17 bits per heavy atom. The van der Waals surface area contributed by atoms with Crippen LogP contribution < -0.4 is 15.4 Å². The number of halogens is 3. The Morgan fingerprint density at radius 2 is 1.89 bits per heavy atom. The van der Waals surface area contributed by atoms with E-state index in [9.17, 15) is 26.4 Å². The predicted molar refractivity (Wildman–Crippen MR) is 125 cm³/mol. The summed E-state index contributed by atoms with van der Waals surface area (Å²) in [5.41, 5.74) is 0.947. The van der Waals surface area contributed by atoms with Gasteiger partial charge in [-0.2, -0.15) is 13.2 Å². The molecule has 1 amide bonds. The van der Waals surface area contributed by atoms with E-state index in [2.05, 4.69) is 15.3 Å². The van der Waals surface area contributed by atoms with E-state index in [4.69, 9.17) is 9.88 Å². The van der Waals surface area contributed by atoms with E-state index in [-0.39, 0.29) is 24.4 Å². The Labute approximate surface area is 205 Å². The molecule has 1 atom stereocenters. The zero-order chi connectivity index (χ0) is 26.1. The quantitative estimate of drug-likeness (QED) is 0.527. The Morgan fingerprint density at radius 3 is 2.56 bits per heavy atom. The Bertz CT molecular complexity index is 1380. The van der Waals surface area contributed by atoms with E-state index in [1.165, 1.54) is 24.4 Å². The first-order valence-corrected chi connectivity index (χ1v) is 12.3. The van der Waals surface area contributed by atoms with Crippen LogP contribution in [0, 0.1) is 6.92 Å². The van der Waals surface area contributed by atoms with Gasteiger partial charge in [-0.1, -0.05) is 12.1 Å². The smallest absolute Gasteiger partial charge is 0.370 e. The number of rotatable bonds is 5. The number of amides is 1. The molecule has 0 spiro atoms. The summed E-state index contributed by atoms with van der Waals surface area (Å²) in [7, 11) is -4.06. The Kier molecular flexibility index (Phi) is 6.98. The largest absolute Gasteiger partial charge is 0.416 e. The molecule has 4 rings (SSSR count). The van der Waals surface area contributed by atoms with Crippen molar-refractivity contribution >= 4 is 27.4 Å². The molecule has 3 N–H and O–H groups in total. The van der Waals surface area contributed by atoms with Crippen molar-refractivity contribution in [2.24, 2.45) is 5.14 Å². The van der Waals surface area contributed by atoms with E-state index in [0.29, 0.717) is 17.9 Å². The van der Waals surface area contributed by atoms with Crippen LogP contribution in [0.3, 0.4) is 0 Å². The summed E-state index contributed by atoms with van der Waals surface area (Å²) in [5, 5.41) is 7.36. The number of aromatic nitrogens is 2. The lowest BCUT2D eigenvalue weighted by molar-refractivity contribution is -0.137. The molecule has 1 fully saturated rings. The van der Waals surface area contributed by atoms with Crippen LogP contribution >= 0.6 is 0 Å². The number of anilines is 2. The van der Waals surface area contributed by atoms with Gasteiger partial charge in [0.1, 0.15) is 11.9 Å². The molecule has 0 radical (unpaired) electrons. The van der Waals surface area contributed by atoms with E-state index in [1.807, 2.05) is 4.90 Å². The lowest BCUT2D eigenvalue weighted by Crippen LogP contribution is -2.40. The van der Waals surface area contributed by atoms with Gasteiger partial charge in [0, 0.05) is 37.2 Å². The summed E-state index contributed by atoms with van der Waals surface area (Å²) >= 11 is 0. The number of nitrogens with two attached hydrogens (primary N) is 1. The predicted octanol–water partition coefficient (Wildman–Crippen LogP) is 3.28. The molecule has 9 nitrogen and oxygen atoms in total. The standard InChI is InChI=1S/C23H22F3N5O4S/c1-14-10-18(22(32)30-17-6-7-28-20(11-17)36(27,33)34)21(29-12-14)31-8-9-35-19(13-31)15-2-4-16(5-3-15)23(24,25)26/h2-7,10-12,19H,8-9,13H2,1H3,(H2,27,33,34)(H,28,30,32). The molecule has 36 heavy (non-hydrogen) atoms. The normalized spacial score (nSPS) is 16.6. The first-order chi connectivity index (χ1) is 16.9. The number of hydrogen-bond acceptors (Lipinski definition) is 7. The van der Waals surface area contributed by atoms with E-state index in [0.717, 1.165) is 23.8 Å². The van der Waals surface area contributed by atoms with Gasteiger partial charge in [0.15, 0.2) is 5.03 Å². The third-order valence-corrected chi connectivity index (χ3v) is 6.31. The van der Waals surface area contributed by atoms with Crippen LogP contribution in [0.5, 0.6) is 0 Å². The van der Waals surface area contributed by atoms with Crippen molar-refractivity contribution in [3.63, 3.8) is 0 Å². The third kappa shape index (κ3) is 5.80. The van der Waals surface area contributed by atoms with Crippen molar-refractivity contribution in [2.45, 2.75) is 24.2 Å². The molecule has 1 aliphatic rings. The fourth-order valence-electron chi connectivity index (χ4n) is 3.75. The molecule has 0 bridgehead atoms. The number of carbonyl (C=O) groups is 1. The lowest BCUT2D eigenvalue weighted by Gasteiger charge is -2.35. The Hall–Kier alpha value is -3.55. The minimum atomic E-state index is -4.43. The number of morpholine rings is 1. The minimum Gasteiger partial charge on any atom is -0.370 e. The zero-order valence-electron chi connectivity index (χ0n) is 19.0. The van der Waals surface area contributed by atoms with Crippen molar-refractivity contribution < 1.29 is 31.1 Å². The van der Waals surface area contributed by atoms with Crippen LogP contribution in [0.4, 0.5) is 24.7 Å². The van der Waals surface area contributed by atoms with Gasteiger partial charge in [-0.3, -0.25) is 4.79 Å². The second-order valence-corrected chi connectivity index (χ2v) is 9.70. The second-order valence-electron chi connectivity index (χ2n) is 8.19. The number of aryl methyl sites for hydroxylation is 1. The number of benzene rings is 1. The summed E-state index contributed by atoms with van der Waals surface area (Å²) in [6.45, 7) is 2.69. The van der Waals surface area contributed by atoms with E-state index in [1.54, 1.807) is 19.2 Å². The molecular formula is C23H22F3N5O4S. The molecule has 3 aromatic rings. The molecule has 1 aliphatic heterocycles. The van der Waals surface area contributed by atoms with Crippen molar-refractivity contribution in [3.05, 3.63) is 77.1 Å². The fourth-order valence-corrected chi connectivity index (χ4v) is 4.25. The maximum Gasteiger partial charge on any atom is 0.416 e. The highest BCUT2D eigenvalue weighted by molar-refractivity contribution is 7.89. The molecule has 2 aromatic heterocycles. The lowest BCUT2D eigenvalue weighted by atomic mass is 10.0. The fraction of sp³-hybridized carbons (Fsp3) is 0.261. The number of nitrogens with one attached hydrogen (secondary N) is 1. The first kappa shape index (κ1) is 25.5. The highest BCUT2D eigenvalue weighted by Crippen LogP contribution is 2.32. The van der Waals surface area contributed by atoms with Gasteiger partial charge in [-0.15, -0.1) is 0 Å². The molecular weight excluding hydrogens is 499 g/mol. The number of nitrogens with zero attached hydrogens (tertiary/aromatic N) is 3. The van der Waals surface area contributed by atoms with E-state index < -0.39 is 38.8 Å². The molecule has 1 aromatic carbocycles. The second kappa shape index (κ2) is 9.84. The average Bonchev–Trinajstić information content (AvgIpc) is 2.83. The number of primary sulfonamides is 1. The van der Waals surface area contributed by atoms with Crippen LogP contribution in [-0.2, 0) is 20.9 Å².